The molecule has 0 unspecified atom stereocenters. The maximum atomic E-state index is 16.5. The van der Waals surface area contributed by atoms with Crippen LogP contribution in [0.4, 0.5) is 10.2 Å². The first-order valence-electron chi connectivity index (χ1n) is 14.5. The molecule has 0 saturated carbocycles. The fourth-order valence-electron chi connectivity index (χ4n) is 6.40. The van der Waals surface area contributed by atoms with E-state index in [1.807, 2.05) is 54.4 Å². The third-order valence-electron chi connectivity index (χ3n) is 8.40. The normalized spacial score (nSPS) is 20.1. The summed E-state index contributed by atoms with van der Waals surface area (Å²) >= 11 is 0. The van der Waals surface area contributed by atoms with Crippen molar-refractivity contribution in [3.63, 3.8) is 0 Å². The van der Waals surface area contributed by atoms with Crippen molar-refractivity contribution in [2.24, 2.45) is 0 Å². The van der Waals surface area contributed by atoms with Gasteiger partial charge in [0.05, 0.1) is 37.2 Å². The number of benzene rings is 2. The Labute approximate surface area is 243 Å². The van der Waals surface area contributed by atoms with Gasteiger partial charge >= 0.3 is 6.01 Å². The number of halogens is 1. The van der Waals surface area contributed by atoms with Crippen molar-refractivity contribution in [2.75, 3.05) is 44.3 Å². The van der Waals surface area contributed by atoms with E-state index in [1.54, 1.807) is 6.20 Å². The molecular formula is C32H32FN7O2. The Hall–Kier alpha value is -4.33. The van der Waals surface area contributed by atoms with Gasteiger partial charge in [-0.2, -0.15) is 15.2 Å². The maximum absolute atomic E-state index is 16.5. The van der Waals surface area contributed by atoms with Crippen LogP contribution in [0.3, 0.4) is 0 Å². The molecule has 0 amide bonds. The van der Waals surface area contributed by atoms with Gasteiger partial charge in [-0.25, -0.2) is 4.39 Å². The van der Waals surface area contributed by atoms with Crippen molar-refractivity contribution in [1.82, 2.24) is 25.2 Å². The molecule has 3 aliphatic heterocycles. The Morgan fingerprint density at radius 2 is 2.10 bits per heavy atom. The summed E-state index contributed by atoms with van der Waals surface area (Å²) in [6, 6.07) is 14.7. The number of nitrogens with zero attached hydrogens (tertiary/aromatic N) is 6. The summed E-state index contributed by atoms with van der Waals surface area (Å²) in [6.07, 6.45) is 6.01. The number of anilines is 1. The van der Waals surface area contributed by atoms with Gasteiger partial charge < -0.3 is 19.7 Å². The van der Waals surface area contributed by atoms with Crippen LogP contribution in [-0.4, -0.2) is 71.4 Å². The monoisotopic (exact) mass is 565 g/mol. The molecule has 7 rings (SSSR count). The lowest BCUT2D eigenvalue weighted by atomic mass is 9.97. The molecule has 4 aromatic rings. The van der Waals surface area contributed by atoms with Crippen LogP contribution in [-0.2, 0) is 4.74 Å². The second-order valence-electron chi connectivity index (χ2n) is 11.1. The van der Waals surface area contributed by atoms with Crippen molar-refractivity contribution in [3.8, 4) is 23.3 Å². The smallest absolute Gasteiger partial charge is 0.319 e. The number of rotatable bonds is 8. The van der Waals surface area contributed by atoms with Gasteiger partial charge in [-0.05, 0) is 36.1 Å². The first kappa shape index (κ1) is 26.6. The molecule has 2 aromatic heterocycles. The van der Waals surface area contributed by atoms with E-state index in [0.717, 1.165) is 60.1 Å². The molecule has 2 saturated heterocycles. The van der Waals surface area contributed by atoms with E-state index < -0.39 is 5.82 Å². The lowest BCUT2D eigenvalue weighted by molar-refractivity contribution is 0.0287. The molecule has 2 fully saturated rings. The average molecular weight is 566 g/mol. The van der Waals surface area contributed by atoms with Gasteiger partial charge in [0.25, 0.3) is 0 Å². The van der Waals surface area contributed by atoms with Gasteiger partial charge in [-0.1, -0.05) is 36.4 Å². The van der Waals surface area contributed by atoms with Crippen LogP contribution in [0, 0.1) is 24.1 Å². The number of aryl methyl sites for hydroxylation is 1. The second-order valence-corrected chi connectivity index (χ2v) is 11.1. The van der Waals surface area contributed by atoms with Crippen LogP contribution in [0.15, 0.2) is 54.5 Å². The van der Waals surface area contributed by atoms with Gasteiger partial charge in [-0.3, -0.25) is 9.88 Å². The number of allylic oxidation sites excluding steroid dienone is 1. The van der Waals surface area contributed by atoms with Crippen molar-refractivity contribution in [2.45, 2.75) is 38.3 Å². The van der Waals surface area contributed by atoms with E-state index in [-0.39, 0.29) is 23.6 Å². The molecule has 2 atom stereocenters. The fraction of sp³-hybridized carbons (Fsp3) is 0.375. The van der Waals surface area contributed by atoms with E-state index in [9.17, 15) is 5.26 Å². The van der Waals surface area contributed by atoms with Crippen LogP contribution < -0.4 is 15.0 Å². The van der Waals surface area contributed by atoms with Gasteiger partial charge in [0.2, 0.25) is 0 Å². The first-order chi connectivity index (χ1) is 20.6. The average Bonchev–Trinajstić information content (AvgIpc) is 3.64. The predicted molar refractivity (Wildman–Crippen MR) is 158 cm³/mol. The maximum Gasteiger partial charge on any atom is 0.319 e. The number of morpholine rings is 1. The quantitative estimate of drug-likeness (QED) is 0.305. The third-order valence-corrected chi connectivity index (χ3v) is 8.40. The summed E-state index contributed by atoms with van der Waals surface area (Å²) < 4.78 is 28.3. The number of nitrogens with one attached hydrogen (secondary N) is 1. The first-order valence-corrected chi connectivity index (χ1v) is 14.5. The van der Waals surface area contributed by atoms with Gasteiger partial charge in [0.1, 0.15) is 17.0 Å². The number of aromatic nitrogens is 3. The number of nitriles is 1. The van der Waals surface area contributed by atoms with Gasteiger partial charge in [0, 0.05) is 55.9 Å². The molecule has 9 nitrogen and oxygen atoms in total. The van der Waals surface area contributed by atoms with Crippen LogP contribution in [0.2, 0.25) is 0 Å². The lowest BCUT2D eigenvalue weighted by Gasteiger charge is -2.27. The highest BCUT2D eigenvalue weighted by Crippen LogP contribution is 2.36. The summed E-state index contributed by atoms with van der Waals surface area (Å²) in [7, 11) is 0. The minimum Gasteiger partial charge on any atom is -0.463 e. The van der Waals surface area contributed by atoms with Crippen molar-refractivity contribution in [1.29, 1.82) is 5.26 Å². The fourth-order valence-corrected chi connectivity index (χ4v) is 6.40. The minimum absolute atomic E-state index is 0.127. The third kappa shape index (κ3) is 4.89. The Balaban J connectivity index is 1.26. The molecule has 1 N–H and O–H groups in total. The topological polar surface area (TPSA) is 99.4 Å². The van der Waals surface area contributed by atoms with Gasteiger partial charge in [0.15, 0.2) is 5.82 Å². The summed E-state index contributed by atoms with van der Waals surface area (Å²) in [4.78, 5) is 18.3. The van der Waals surface area contributed by atoms with Crippen LogP contribution in [0.1, 0.15) is 24.8 Å². The summed E-state index contributed by atoms with van der Waals surface area (Å²) in [5.41, 5.74) is 2.94. The highest BCUT2D eigenvalue weighted by atomic mass is 19.1. The van der Waals surface area contributed by atoms with Crippen LogP contribution in [0.25, 0.3) is 32.9 Å². The van der Waals surface area contributed by atoms with Gasteiger partial charge in [-0.15, -0.1) is 0 Å². The molecule has 214 valence electrons. The highest BCUT2D eigenvalue weighted by molar-refractivity contribution is 6.00. The predicted octanol–water partition coefficient (Wildman–Crippen LogP) is 4.70. The summed E-state index contributed by atoms with van der Waals surface area (Å²) in [6.45, 7) is 6.33. The van der Waals surface area contributed by atoms with E-state index in [0.29, 0.717) is 43.0 Å². The SMILES string of the molecule is Cc1cccc2cccc(-c3ncc4c(N5C=C(CC#N)NCC5)nc(OCCCN5C[C@@H]6C[C@H]5CO6)nc4c3F)c12. The molecule has 10 heteroatoms. The zero-order valence-corrected chi connectivity index (χ0v) is 23.5. The highest BCUT2D eigenvalue weighted by Gasteiger charge is 2.38. The van der Waals surface area contributed by atoms with Crippen molar-refractivity contribution in [3.05, 3.63) is 65.9 Å². The molecule has 5 heterocycles. The van der Waals surface area contributed by atoms with E-state index in [1.165, 1.54) is 0 Å². The Kier molecular flexibility index (Phi) is 7.06. The number of ether oxygens (including phenoxy) is 2. The molecule has 0 radical (unpaired) electrons. The zero-order chi connectivity index (χ0) is 28.6. The molecular weight excluding hydrogens is 533 g/mol. The summed E-state index contributed by atoms with van der Waals surface area (Å²) in [5, 5.41) is 14.9. The van der Waals surface area contributed by atoms with E-state index in [4.69, 9.17) is 14.5 Å². The van der Waals surface area contributed by atoms with Crippen molar-refractivity contribution < 1.29 is 13.9 Å². The molecule has 0 aliphatic carbocycles. The lowest BCUT2D eigenvalue weighted by Crippen LogP contribution is -2.38. The number of fused-ring (bicyclic) bond motifs is 4. The summed E-state index contributed by atoms with van der Waals surface area (Å²) in [5.74, 6) is -0.00537. The van der Waals surface area contributed by atoms with Crippen molar-refractivity contribution >= 4 is 27.5 Å². The zero-order valence-electron chi connectivity index (χ0n) is 23.5. The molecule has 2 aromatic carbocycles. The van der Waals surface area contributed by atoms with E-state index in [2.05, 4.69) is 26.3 Å². The molecule has 3 aliphatic rings. The molecule has 42 heavy (non-hydrogen) atoms. The van der Waals surface area contributed by atoms with Crippen LogP contribution in [0.5, 0.6) is 6.01 Å². The minimum atomic E-state index is -0.513. The Morgan fingerprint density at radius 1 is 1.21 bits per heavy atom. The number of hydrogen-bond donors (Lipinski definition) is 1. The van der Waals surface area contributed by atoms with E-state index >= 15 is 4.39 Å². The largest absolute Gasteiger partial charge is 0.463 e. The number of pyridine rings is 1. The Bertz CT molecular complexity index is 1730. The number of hydrogen-bond acceptors (Lipinski definition) is 9. The Morgan fingerprint density at radius 3 is 2.90 bits per heavy atom. The van der Waals surface area contributed by atoms with Crippen LogP contribution >= 0.6 is 0 Å². The molecule has 0 spiro atoms. The standard InChI is InChI=1S/C32H32FN7O2/c1-20-5-2-6-21-7-3-8-25(27(20)21)29-28(33)30-26(16-36-29)31(40-13-11-35-22(17-40)9-10-34)38-32(37-30)41-14-4-12-39-18-24-15-23(39)19-42-24/h2-3,5-8,16-17,23-24,35H,4,9,11-15,18-19H2,1H3/t23-,24-/m0/s1. The number of likely N-dealkylation sites (tertiary alicyclic amines) is 1. The second kappa shape index (κ2) is 11.2. The molecule has 2 bridgehead atoms.